The van der Waals surface area contributed by atoms with Crippen LogP contribution in [0.3, 0.4) is 0 Å². The molecular weight excluding hydrogens is 219 g/mol. The summed E-state index contributed by atoms with van der Waals surface area (Å²) in [6.45, 7) is 3.72. The van der Waals surface area contributed by atoms with E-state index in [4.69, 9.17) is 5.73 Å². The first-order valence-electron chi connectivity index (χ1n) is 5.87. The van der Waals surface area contributed by atoms with Crippen molar-refractivity contribution < 1.29 is 9.18 Å². The monoisotopic (exact) mass is 238 g/mol. The third kappa shape index (κ3) is 4.15. The molecule has 0 aliphatic carbocycles. The molecule has 0 saturated carbocycles. The van der Waals surface area contributed by atoms with E-state index in [1.165, 1.54) is 6.07 Å². The van der Waals surface area contributed by atoms with Crippen molar-refractivity contribution in [2.45, 2.75) is 39.2 Å². The summed E-state index contributed by atoms with van der Waals surface area (Å²) < 4.78 is 13.3. The van der Waals surface area contributed by atoms with Crippen LogP contribution in [0.25, 0.3) is 0 Å². The summed E-state index contributed by atoms with van der Waals surface area (Å²) in [5, 5.41) is 2.61. The molecule has 1 aromatic rings. The van der Waals surface area contributed by atoms with Gasteiger partial charge in [-0.05, 0) is 31.0 Å². The fourth-order valence-electron chi connectivity index (χ4n) is 1.46. The third-order valence-electron chi connectivity index (χ3n) is 2.64. The Morgan fingerprint density at radius 2 is 2.24 bits per heavy atom. The summed E-state index contributed by atoms with van der Waals surface area (Å²) in [6.07, 6.45) is 2.56. The highest BCUT2D eigenvalue weighted by atomic mass is 19.1. The van der Waals surface area contributed by atoms with Crippen LogP contribution in [0.4, 0.5) is 10.1 Å². The lowest BCUT2D eigenvalue weighted by atomic mass is 10.1. The molecule has 3 nitrogen and oxygen atoms in total. The van der Waals surface area contributed by atoms with Gasteiger partial charge in [-0.2, -0.15) is 0 Å². The van der Waals surface area contributed by atoms with Crippen LogP contribution in [0.1, 0.15) is 31.7 Å². The maximum atomic E-state index is 13.3. The fraction of sp³-hybridized carbons (Fsp3) is 0.462. The van der Waals surface area contributed by atoms with Gasteiger partial charge in [0.2, 0.25) is 5.91 Å². The van der Waals surface area contributed by atoms with Gasteiger partial charge in [-0.15, -0.1) is 0 Å². The Bertz CT molecular complexity index is 393. The van der Waals surface area contributed by atoms with Gasteiger partial charge in [0.05, 0.1) is 6.04 Å². The number of halogens is 1. The van der Waals surface area contributed by atoms with E-state index in [-0.39, 0.29) is 11.7 Å². The summed E-state index contributed by atoms with van der Waals surface area (Å²) in [5.74, 6) is -0.591. The second kappa shape index (κ2) is 6.35. The van der Waals surface area contributed by atoms with Crippen LogP contribution >= 0.6 is 0 Å². The smallest absolute Gasteiger partial charge is 0.241 e. The predicted octanol–water partition coefficient (Wildman–Crippen LogP) is 2.59. The van der Waals surface area contributed by atoms with E-state index in [1.54, 1.807) is 19.1 Å². The Labute approximate surface area is 101 Å². The SMILES string of the molecule is CCCC[C@H](N)C(=O)Nc1ccc(C)c(F)c1. The molecule has 0 fully saturated rings. The molecule has 0 aliphatic rings. The lowest BCUT2D eigenvalue weighted by Gasteiger charge is -2.12. The Morgan fingerprint density at radius 1 is 1.53 bits per heavy atom. The highest BCUT2D eigenvalue weighted by Crippen LogP contribution is 2.14. The average Bonchev–Trinajstić information content (AvgIpc) is 2.30. The predicted molar refractivity (Wildman–Crippen MR) is 67.3 cm³/mol. The van der Waals surface area contributed by atoms with Crippen LogP contribution in [-0.2, 0) is 4.79 Å². The van der Waals surface area contributed by atoms with Crippen molar-refractivity contribution in [3.8, 4) is 0 Å². The Hall–Kier alpha value is -1.42. The number of hydrogen-bond donors (Lipinski definition) is 2. The number of nitrogens with two attached hydrogens (primary N) is 1. The van der Waals surface area contributed by atoms with E-state index in [9.17, 15) is 9.18 Å². The van der Waals surface area contributed by atoms with Gasteiger partial charge in [-0.3, -0.25) is 4.79 Å². The molecule has 1 amide bonds. The molecule has 94 valence electrons. The summed E-state index contributed by atoms with van der Waals surface area (Å²) in [4.78, 5) is 11.7. The zero-order valence-corrected chi connectivity index (χ0v) is 10.3. The van der Waals surface area contributed by atoms with E-state index in [0.717, 1.165) is 12.8 Å². The van der Waals surface area contributed by atoms with Gasteiger partial charge in [0.25, 0.3) is 0 Å². The minimum absolute atomic E-state index is 0.262. The lowest BCUT2D eigenvalue weighted by Crippen LogP contribution is -2.35. The third-order valence-corrected chi connectivity index (χ3v) is 2.64. The minimum Gasteiger partial charge on any atom is -0.325 e. The normalized spacial score (nSPS) is 12.2. The average molecular weight is 238 g/mol. The van der Waals surface area contributed by atoms with E-state index in [0.29, 0.717) is 17.7 Å². The molecule has 0 spiro atoms. The van der Waals surface area contributed by atoms with Crippen molar-refractivity contribution >= 4 is 11.6 Å². The second-order valence-electron chi connectivity index (χ2n) is 4.20. The van der Waals surface area contributed by atoms with E-state index >= 15 is 0 Å². The zero-order chi connectivity index (χ0) is 12.8. The van der Waals surface area contributed by atoms with E-state index in [2.05, 4.69) is 5.32 Å². The van der Waals surface area contributed by atoms with Crippen molar-refractivity contribution in [1.29, 1.82) is 0 Å². The second-order valence-corrected chi connectivity index (χ2v) is 4.20. The van der Waals surface area contributed by atoms with Crippen LogP contribution in [0.15, 0.2) is 18.2 Å². The van der Waals surface area contributed by atoms with Crippen molar-refractivity contribution in [2.24, 2.45) is 5.73 Å². The number of hydrogen-bond acceptors (Lipinski definition) is 2. The number of carbonyl (C=O) groups is 1. The molecule has 0 heterocycles. The van der Waals surface area contributed by atoms with Gasteiger partial charge in [-0.1, -0.05) is 25.8 Å². The summed E-state index contributed by atoms with van der Waals surface area (Å²) >= 11 is 0. The molecule has 3 N–H and O–H groups in total. The molecule has 1 aromatic carbocycles. The van der Waals surface area contributed by atoms with Crippen molar-refractivity contribution in [3.63, 3.8) is 0 Å². The van der Waals surface area contributed by atoms with Crippen molar-refractivity contribution in [3.05, 3.63) is 29.6 Å². The molecule has 0 aliphatic heterocycles. The first-order valence-corrected chi connectivity index (χ1v) is 5.87. The molecule has 0 bridgehead atoms. The van der Waals surface area contributed by atoms with Crippen molar-refractivity contribution in [1.82, 2.24) is 0 Å². The molecule has 0 unspecified atom stereocenters. The topological polar surface area (TPSA) is 55.1 Å². The van der Waals surface area contributed by atoms with Gasteiger partial charge in [0.15, 0.2) is 0 Å². The van der Waals surface area contributed by atoms with Crippen molar-refractivity contribution in [2.75, 3.05) is 5.32 Å². The van der Waals surface area contributed by atoms with Gasteiger partial charge in [0.1, 0.15) is 5.82 Å². The molecule has 0 radical (unpaired) electrons. The standard InChI is InChI=1S/C13H19FN2O/c1-3-4-5-12(15)13(17)16-10-7-6-9(2)11(14)8-10/h6-8,12H,3-5,15H2,1-2H3,(H,16,17)/t12-/m0/s1. The van der Waals surface area contributed by atoms with Gasteiger partial charge >= 0.3 is 0 Å². The number of nitrogens with one attached hydrogen (secondary N) is 1. The minimum atomic E-state index is -0.528. The van der Waals surface area contributed by atoms with Gasteiger partial charge in [0, 0.05) is 5.69 Å². The Kier molecular flexibility index (Phi) is 5.10. The quantitative estimate of drug-likeness (QED) is 0.828. The summed E-state index contributed by atoms with van der Waals surface area (Å²) in [6, 6.07) is 4.07. The highest BCUT2D eigenvalue weighted by molar-refractivity contribution is 5.94. The molecule has 0 saturated heterocycles. The number of rotatable bonds is 5. The van der Waals surface area contributed by atoms with E-state index < -0.39 is 6.04 Å². The van der Waals surface area contributed by atoms with Crippen LogP contribution in [0.2, 0.25) is 0 Å². The molecule has 17 heavy (non-hydrogen) atoms. The number of aryl methyl sites for hydroxylation is 1. The molecular formula is C13H19FN2O. The maximum Gasteiger partial charge on any atom is 0.241 e. The number of unbranched alkanes of at least 4 members (excludes halogenated alkanes) is 1. The van der Waals surface area contributed by atoms with Crippen LogP contribution in [-0.4, -0.2) is 11.9 Å². The van der Waals surface area contributed by atoms with Gasteiger partial charge < -0.3 is 11.1 Å². The van der Waals surface area contributed by atoms with Crippen LogP contribution in [0.5, 0.6) is 0 Å². The molecule has 1 atom stereocenters. The molecule has 4 heteroatoms. The van der Waals surface area contributed by atoms with Crippen LogP contribution < -0.4 is 11.1 Å². The zero-order valence-electron chi connectivity index (χ0n) is 10.3. The molecule has 1 rings (SSSR count). The fourth-order valence-corrected chi connectivity index (χ4v) is 1.46. The Morgan fingerprint density at radius 3 is 2.82 bits per heavy atom. The number of benzene rings is 1. The van der Waals surface area contributed by atoms with Crippen LogP contribution in [0, 0.1) is 12.7 Å². The number of carbonyl (C=O) groups excluding carboxylic acids is 1. The Balaban J connectivity index is 2.58. The first kappa shape index (κ1) is 13.6. The largest absolute Gasteiger partial charge is 0.325 e. The van der Waals surface area contributed by atoms with E-state index in [1.807, 2.05) is 6.92 Å². The first-order chi connectivity index (χ1) is 8.04. The maximum absolute atomic E-state index is 13.3. The number of anilines is 1. The summed E-state index contributed by atoms with van der Waals surface area (Å²) in [5.41, 5.74) is 6.72. The number of amides is 1. The summed E-state index contributed by atoms with van der Waals surface area (Å²) in [7, 11) is 0. The highest BCUT2D eigenvalue weighted by Gasteiger charge is 2.13. The lowest BCUT2D eigenvalue weighted by molar-refractivity contribution is -0.117. The molecule has 0 aromatic heterocycles. The van der Waals surface area contributed by atoms with Gasteiger partial charge in [-0.25, -0.2) is 4.39 Å².